The zero-order chi connectivity index (χ0) is 25.2. The molecule has 1 aliphatic heterocycles. The molecule has 4 nitrogen and oxygen atoms in total. The van der Waals surface area contributed by atoms with E-state index in [1.54, 1.807) is 12.1 Å². The fourth-order valence-electron chi connectivity index (χ4n) is 7.32. The van der Waals surface area contributed by atoms with Crippen molar-refractivity contribution in [2.75, 3.05) is 4.90 Å². The largest absolute Gasteiger partial charge is 0.298 e. The van der Waals surface area contributed by atoms with E-state index < -0.39 is 22.7 Å². The lowest BCUT2D eigenvalue weighted by Gasteiger charge is -2.38. The molecule has 3 aromatic rings. The third-order valence-electron chi connectivity index (χ3n) is 8.63. The molecule has 36 heavy (non-hydrogen) atoms. The van der Waals surface area contributed by atoms with Crippen molar-refractivity contribution in [1.82, 2.24) is 0 Å². The van der Waals surface area contributed by atoms with Gasteiger partial charge in [-0.25, -0.2) is 4.90 Å². The van der Waals surface area contributed by atoms with Gasteiger partial charge >= 0.3 is 0 Å². The molecule has 180 valence electrons. The van der Waals surface area contributed by atoms with Crippen molar-refractivity contribution in [2.45, 2.75) is 26.7 Å². The number of amides is 2. The van der Waals surface area contributed by atoms with Crippen LogP contribution in [0, 0.1) is 22.7 Å². The highest BCUT2D eigenvalue weighted by atomic mass is 79.9. The minimum absolute atomic E-state index is 0.0308. The predicted molar refractivity (Wildman–Crippen MR) is 144 cm³/mol. The van der Waals surface area contributed by atoms with E-state index in [2.05, 4.69) is 15.9 Å². The van der Waals surface area contributed by atoms with Gasteiger partial charge in [-0.2, -0.15) is 0 Å². The fourth-order valence-corrected chi connectivity index (χ4v) is 7.71. The molecule has 1 heterocycles. The van der Waals surface area contributed by atoms with Gasteiger partial charge in [0.25, 0.3) is 0 Å². The minimum atomic E-state index is -1.05. The van der Waals surface area contributed by atoms with E-state index in [4.69, 9.17) is 0 Å². The number of halogens is 1. The highest BCUT2D eigenvalue weighted by Gasteiger charge is 2.80. The molecular weight excluding hydrogens is 514 g/mol. The van der Waals surface area contributed by atoms with Gasteiger partial charge in [-0.05, 0) is 53.3 Å². The minimum Gasteiger partial charge on any atom is -0.298 e. The highest BCUT2D eigenvalue weighted by Crippen LogP contribution is 2.75. The maximum absolute atomic E-state index is 14.7. The van der Waals surface area contributed by atoms with E-state index in [9.17, 15) is 14.4 Å². The summed E-state index contributed by atoms with van der Waals surface area (Å²) in [6.45, 7) is 3.97. The predicted octanol–water partition coefficient (Wildman–Crippen LogP) is 6.55. The number of hydrogen-bond acceptors (Lipinski definition) is 3. The maximum Gasteiger partial charge on any atom is 0.239 e. The van der Waals surface area contributed by atoms with Crippen LogP contribution >= 0.6 is 15.9 Å². The summed E-state index contributed by atoms with van der Waals surface area (Å²) in [6.07, 6.45) is 0.918. The van der Waals surface area contributed by atoms with Crippen LogP contribution < -0.4 is 4.90 Å². The summed E-state index contributed by atoms with van der Waals surface area (Å²) in [6, 6.07) is 27.1. The molecule has 4 atom stereocenters. The van der Waals surface area contributed by atoms with Gasteiger partial charge in [0.1, 0.15) is 0 Å². The molecule has 3 aliphatic rings. The van der Waals surface area contributed by atoms with Crippen LogP contribution in [0.4, 0.5) is 5.69 Å². The Hall–Kier alpha value is -3.31. The maximum atomic E-state index is 14.7. The average molecular weight is 540 g/mol. The SMILES string of the molecule is CC[C@]12C(=O)[C@](CC)(C(c3ccccc3)=C1c1ccccc1)[C@H]1C(=O)N(c3cccc(Br)c3)C(=O)[C@H]12. The van der Waals surface area contributed by atoms with Crippen molar-refractivity contribution in [1.29, 1.82) is 0 Å². The van der Waals surface area contributed by atoms with Crippen molar-refractivity contribution >= 4 is 50.4 Å². The number of imide groups is 1. The average Bonchev–Trinajstić information content (AvgIpc) is 3.40. The number of rotatable bonds is 5. The Labute approximate surface area is 219 Å². The number of anilines is 1. The van der Waals surface area contributed by atoms with Crippen LogP contribution in [0.3, 0.4) is 0 Å². The molecule has 1 saturated heterocycles. The van der Waals surface area contributed by atoms with Crippen LogP contribution in [0.2, 0.25) is 0 Å². The Morgan fingerprint density at radius 1 is 0.694 bits per heavy atom. The zero-order valence-corrected chi connectivity index (χ0v) is 21.8. The molecule has 0 unspecified atom stereocenters. The molecule has 2 amide bonds. The van der Waals surface area contributed by atoms with Crippen LogP contribution in [-0.2, 0) is 14.4 Å². The first-order valence-electron chi connectivity index (χ1n) is 12.5. The number of allylic oxidation sites excluding steroid dienone is 2. The summed E-state index contributed by atoms with van der Waals surface area (Å²) in [7, 11) is 0. The molecule has 5 heteroatoms. The molecule has 2 fully saturated rings. The standard InChI is InChI=1S/C31H26BrNO3/c1-3-30-23(19-12-7-5-8-13-19)24(20-14-9-6-10-15-20)31(4-2,29(30)36)26-25(30)27(34)33(28(26)35)22-17-11-16-21(32)18-22/h5-18,25-26H,3-4H2,1-2H3/t25-,26+,30-,31+. The van der Waals surface area contributed by atoms with E-state index in [0.717, 1.165) is 26.7 Å². The van der Waals surface area contributed by atoms with Gasteiger partial charge in [-0.15, -0.1) is 0 Å². The first kappa shape index (κ1) is 23.1. The van der Waals surface area contributed by atoms with Crippen LogP contribution in [0.25, 0.3) is 11.1 Å². The van der Waals surface area contributed by atoms with E-state index in [1.165, 1.54) is 4.90 Å². The molecule has 0 aromatic heterocycles. The smallest absolute Gasteiger partial charge is 0.239 e. The first-order chi connectivity index (χ1) is 17.4. The van der Waals surface area contributed by atoms with Gasteiger partial charge in [0, 0.05) is 4.47 Å². The molecule has 3 aromatic carbocycles. The number of ketones is 1. The number of hydrogen-bond donors (Lipinski definition) is 0. The lowest BCUT2D eigenvalue weighted by atomic mass is 9.60. The molecule has 2 aliphatic carbocycles. The Kier molecular flexibility index (Phi) is 5.20. The van der Waals surface area contributed by atoms with Gasteiger partial charge < -0.3 is 0 Å². The molecule has 0 radical (unpaired) electrons. The van der Waals surface area contributed by atoms with Gasteiger partial charge in [0.05, 0.1) is 28.4 Å². The van der Waals surface area contributed by atoms with E-state index in [0.29, 0.717) is 18.5 Å². The number of Topliss-reactive ketones (excluding diaryl/α,β-unsaturated/α-hetero) is 1. The molecule has 1 saturated carbocycles. The summed E-state index contributed by atoms with van der Waals surface area (Å²) >= 11 is 3.47. The molecular formula is C31H26BrNO3. The lowest BCUT2D eigenvalue weighted by Crippen LogP contribution is -2.41. The van der Waals surface area contributed by atoms with Crippen LogP contribution in [0.15, 0.2) is 89.4 Å². The van der Waals surface area contributed by atoms with Gasteiger partial charge in [0.2, 0.25) is 11.8 Å². The molecule has 6 rings (SSSR count). The highest BCUT2D eigenvalue weighted by molar-refractivity contribution is 9.10. The Morgan fingerprint density at radius 3 is 1.58 bits per heavy atom. The third-order valence-corrected chi connectivity index (χ3v) is 9.12. The molecule has 2 bridgehead atoms. The van der Waals surface area contributed by atoms with Crippen molar-refractivity contribution < 1.29 is 14.4 Å². The number of nitrogens with zero attached hydrogens (tertiary/aromatic N) is 1. The van der Waals surface area contributed by atoms with Gasteiger partial charge in [0.15, 0.2) is 5.78 Å². The topological polar surface area (TPSA) is 54.5 Å². The number of carbonyl (C=O) groups excluding carboxylic acids is 3. The number of fused-ring (bicyclic) bond motifs is 5. The van der Waals surface area contributed by atoms with Crippen molar-refractivity contribution in [3.8, 4) is 0 Å². The summed E-state index contributed by atoms with van der Waals surface area (Å²) in [5, 5.41) is 0. The van der Waals surface area contributed by atoms with Crippen molar-refractivity contribution in [3.63, 3.8) is 0 Å². The fraction of sp³-hybridized carbons (Fsp3) is 0.258. The van der Waals surface area contributed by atoms with Crippen molar-refractivity contribution in [2.24, 2.45) is 22.7 Å². The summed E-state index contributed by atoms with van der Waals surface area (Å²) < 4.78 is 0.792. The van der Waals surface area contributed by atoms with Crippen LogP contribution in [0.5, 0.6) is 0 Å². The normalized spacial score (nSPS) is 28.9. The van der Waals surface area contributed by atoms with Crippen LogP contribution in [-0.4, -0.2) is 17.6 Å². The zero-order valence-electron chi connectivity index (χ0n) is 20.2. The molecule has 0 N–H and O–H groups in total. The van der Waals surface area contributed by atoms with Gasteiger partial charge in [-0.1, -0.05) is 96.5 Å². The second-order valence-corrected chi connectivity index (χ2v) is 10.8. The number of benzene rings is 3. The van der Waals surface area contributed by atoms with Crippen molar-refractivity contribution in [3.05, 3.63) is 101 Å². The number of carbonyl (C=O) groups is 3. The van der Waals surface area contributed by atoms with E-state index >= 15 is 0 Å². The quantitative estimate of drug-likeness (QED) is 0.345. The lowest BCUT2D eigenvalue weighted by molar-refractivity contribution is -0.134. The molecule has 0 spiro atoms. The Balaban J connectivity index is 1.68. The Morgan fingerprint density at radius 2 is 1.17 bits per heavy atom. The summed E-state index contributed by atoms with van der Waals surface area (Å²) in [5.74, 6) is -1.94. The van der Waals surface area contributed by atoms with E-state index in [1.807, 2.05) is 86.6 Å². The van der Waals surface area contributed by atoms with E-state index in [-0.39, 0.29) is 17.6 Å². The van der Waals surface area contributed by atoms with Gasteiger partial charge in [-0.3, -0.25) is 14.4 Å². The second kappa shape index (κ2) is 8.10. The summed E-state index contributed by atoms with van der Waals surface area (Å²) in [4.78, 5) is 44.4. The van der Waals surface area contributed by atoms with Crippen LogP contribution in [0.1, 0.15) is 37.8 Å². The summed E-state index contributed by atoms with van der Waals surface area (Å²) in [5.41, 5.74) is 2.16. The second-order valence-electron chi connectivity index (χ2n) is 9.91. The Bertz CT molecular complexity index is 1360. The third kappa shape index (κ3) is 2.67. The monoisotopic (exact) mass is 539 g/mol. The first-order valence-corrected chi connectivity index (χ1v) is 13.3.